The summed E-state index contributed by atoms with van der Waals surface area (Å²) >= 11 is 5.31. The number of carbonyl (C=O) groups is 1. The lowest BCUT2D eigenvalue weighted by Crippen LogP contribution is -2.24. The number of aromatic amines is 1. The Bertz CT molecular complexity index is 1040. The lowest BCUT2D eigenvalue weighted by Gasteiger charge is -2.07. The second kappa shape index (κ2) is 8.97. The lowest BCUT2D eigenvalue weighted by molar-refractivity contribution is -0.121. The van der Waals surface area contributed by atoms with E-state index in [2.05, 4.69) is 27.4 Å². The van der Waals surface area contributed by atoms with Gasteiger partial charge in [-0.25, -0.2) is 0 Å². The zero-order chi connectivity index (χ0) is 19.1. The molecule has 1 heterocycles. The number of H-pyrrole nitrogens is 1. The Morgan fingerprint density at radius 2 is 2.04 bits per heavy atom. The number of nitrogens with one attached hydrogen (secondary N) is 2. The van der Waals surface area contributed by atoms with Crippen molar-refractivity contribution in [3.8, 4) is 23.2 Å². The first-order valence-electron chi connectivity index (χ1n) is 8.66. The fraction of sp³-hybridized carbons (Fsp3) is 0.190. The van der Waals surface area contributed by atoms with Crippen LogP contribution in [0.15, 0.2) is 54.6 Å². The Morgan fingerprint density at radius 1 is 1.22 bits per heavy atom. The van der Waals surface area contributed by atoms with E-state index in [1.54, 1.807) is 0 Å². The van der Waals surface area contributed by atoms with Gasteiger partial charge in [0.2, 0.25) is 5.91 Å². The summed E-state index contributed by atoms with van der Waals surface area (Å²) in [4.78, 5) is 12.1. The summed E-state index contributed by atoms with van der Waals surface area (Å²) < 4.78 is 2.35. The Morgan fingerprint density at radius 3 is 2.81 bits per heavy atom. The molecule has 0 aliphatic carbocycles. The molecule has 5 nitrogen and oxygen atoms in total. The summed E-state index contributed by atoms with van der Waals surface area (Å²) in [5.74, 6) is 6.63. The highest BCUT2D eigenvalue weighted by Gasteiger charge is 2.10. The second-order valence-corrected chi connectivity index (χ2v) is 6.45. The van der Waals surface area contributed by atoms with Gasteiger partial charge < -0.3 is 5.32 Å². The summed E-state index contributed by atoms with van der Waals surface area (Å²) in [7, 11) is 0. The van der Waals surface area contributed by atoms with Gasteiger partial charge in [0, 0.05) is 24.1 Å². The topological polar surface area (TPSA) is 62.7 Å². The van der Waals surface area contributed by atoms with Crippen LogP contribution in [-0.4, -0.2) is 27.2 Å². The van der Waals surface area contributed by atoms with Crippen molar-refractivity contribution in [3.05, 3.63) is 70.5 Å². The van der Waals surface area contributed by atoms with Gasteiger partial charge in [-0.2, -0.15) is 5.10 Å². The van der Waals surface area contributed by atoms with Gasteiger partial charge in [-0.05, 0) is 37.3 Å². The van der Waals surface area contributed by atoms with Crippen molar-refractivity contribution in [2.45, 2.75) is 19.9 Å². The largest absolute Gasteiger partial charge is 0.345 e. The number of benzene rings is 2. The van der Waals surface area contributed by atoms with Crippen LogP contribution in [0, 0.1) is 23.5 Å². The van der Waals surface area contributed by atoms with Crippen LogP contribution in [0.25, 0.3) is 11.4 Å². The third kappa shape index (κ3) is 5.16. The maximum absolute atomic E-state index is 12.1. The van der Waals surface area contributed by atoms with E-state index in [1.165, 1.54) is 0 Å². The third-order valence-corrected chi connectivity index (χ3v) is 4.29. The molecule has 0 radical (unpaired) electrons. The fourth-order valence-electron chi connectivity index (χ4n) is 2.64. The van der Waals surface area contributed by atoms with Gasteiger partial charge in [0.15, 0.2) is 10.6 Å². The highest BCUT2D eigenvalue weighted by molar-refractivity contribution is 7.71. The first-order chi connectivity index (χ1) is 13.1. The lowest BCUT2D eigenvalue weighted by atomic mass is 10.1. The van der Waals surface area contributed by atoms with Crippen LogP contribution in [-0.2, 0) is 11.3 Å². The van der Waals surface area contributed by atoms with Crippen molar-refractivity contribution in [2.24, 2.45) is 0 Å². The molecule has 3 rings (SSSR count). The van der Waals surface area contributed by atoms with Crippen LogP contribution in [0.1, 0.15) is 17.5 Å². The number of aromatic nitrogens is 3. The number of hydrogen-bond donors (Lipinski definition) is 2. The first kappa shape index (κ1) is 18.6. The zero-order valence-electron chi connectivity index (χ0n) is 15.0. The summed E-state index contributed by atoms with van der Waals surface area (Å²) in [6.07, 6.45) is 0.305. The van der Waals surface area contributed by atoms with E-state index in [-0.39, 0.29) is 5.91 Å². The number of rotatable bonds is 5. The normalized spacial score (nSPS) is 10.1. The summed E-state index contributed by atoms with van der Waals surface area (Å²) in [5.41, 5.74) is 3.04. The quantitative estimate of drug-likeness (QED) is 0.529. The molecular weight excluding hydrogens is 356 g/mol. The third-order valence-electron chi connectivity index (χ3n) is 3.98. The fourth-order valence-corrected chi connectivity index (χ4v) is 2.87. The number of hydrogen-bond acceptors (Lipinski definition) is 3. The monoisotopic (exact) mass is 376 g/mol. The van der Waals surface area contributed by atoms with E-state index >= 15 is 0 Å². The van der Waals surface area contributed by atoms with Crippen molar-refractivity contribution >= 4 is 18.1 Å². The molecule has 27 heavy (non-hydrogen) atoms. The van der Waals surface area contributed by atoms with Crippen LogP contribution in [0.2, 0.25) is 0 Å². The number of aryl methyl sites for hydroxylation is 1. The number of nitrogens with zero attached hydrogens (tertiary/aromatic N) is 2. The molecule has 0 aliphatic heterocycles. The van der Waals surface area contributed by atoms with Crippen LogP contribution in [0.5, 0.6) is 0 Å². The maximum Gasteiger partial charge on any atom is 0.222 e. The zero-order valence-corrected chi connectivity index (χ0v) is 15.8. The molecule has 3 aromatic rings. The molecule has 0 fully saturated rings. The molecule has 0 aliphatic rings. The molecule has 0 spiro atoms. The minimum atomic E-state index is -0.0735. The van der Waals surface area contributed by atoms with Gasteiger partial charge in [-0.1, -0.05) is 53.8 Å². The van der Waals surface area contributed by atoms with Crippen LogP contribution in [0.3, 0.4) is 0 Å². The molecule has 1 amide bonds. The predicted octanol–water partition coefficient (Wildman–Crippen LogP) is 3.47. The molecule has 0 unspecified atom stereocenters. The molecule has 136 valence electrons. The second-order valence-electron chi connectivity index (χ2n) is 6.07. The van der Waals surface area contributed by atoms with Crippen LogP contribution < -0.4 is 5.32 Å². The van der Waals surface area contributed by atoms with Crippen molar-refractivity contribution in [2.75, 3.05) is 6.54 Å². The first-order valence-corrected chi connectivity index (χ1v) is 9.07. The standard InChI is InChI=1S/C21H20N4OS/c1-16-7-5-11-18(15-16)20-23-24-21(27)25(20)14-12-19(26)22-13-6-10-17-8-3-2-4-9-17/h2-5,7-9,11,15H,12-14H2,1H3,(H,22,26)(H,24,27). The molecule has 0 atom stereocenters. The summed E-state index contributed by atoms with van der Waals surface area (Å²) in [5, 5.41) is 9.93. The molecule has 0 saturated carbocycles. The average Bonchev–Trinajstić information content (AvgIpc) is 3.05. The Hall–Kier alpha value is -3.17. The van der Waals surface area contributed by atoms with E-state index in [0.29, 0.717) is 24.3 Å². The Balaban J connectivity index is 1.57. The molecule has 2 N–H and O–H groups in total. The predicted molar refractivity (Wildman–Crippen MR) is 109 cm³/mol. The van der Waals surface area contributed by atoms with Crippen molar-refractivity contribution in [1.29, 1.82) is 0 Å². The van der Waals surface area contributed by atoms with E-state index in [4.69, 9.17) is 12.2 Å². The number of amides is 1. The minimum Gasteiger partial charge on any atom is -0.345 e. The highest BCUT2D eigenvalue weighted by atomic mass is 32.1. The molecule has 6 heteroatoms. The summed E-state index contributed by atoms with van der Waals surface area (Å²) in [6.45, 7) is 2.80. The van der Waals surface area contributed by atoms with Crippen molar-refractivity contribution in [3.63, 3.8) is 0 Å². The molecular formula is C21H20N4OS. The van der Waals surface area contributed by atoms with Gasteiger partial charge in [-0.15, -0.1) is 0 Å². The van der Waals surface area contributed by atoms with Gasteiger partial charge in [0.25, 0.3) is 0 Å². The highest BCUT2D eigenvalue weighted by Crippen LogP contribution is 2.18. The average molecular weight is 376 g/mol. The van der Waals surface area contributed by atoms with E-state index in [1.807, 2.05) is 66.1 Å². The minimum absolute atomic E-state index is 0.0735. The van der Waals surface area contributed by atoms with Gasteiger partial charge in [0.05, 0.1) is 6.54 Å². The molecule has 0 saturated heterocycles. The Labute approximate surface area is 163 Å². The smallest absolute Gasteiger partial charge is 0.222 e. The van der Waals surface area contributed by atoms with Gasteiger partial charge in [0.1, 0.15) is 0 Å². The van der Waals surface area contributed by atoms with E-state index in [0.717, 1.165) is 22.5 Å². The molecule has 1 aromatic heterocycles. The van der Waals surface area contributed by atoms with E-state index < -0.39 is 0 Å². The number of carbonyl (C=O) groups excluding carboxylic acids is 1. The van der Waals surface area contributed by atoms with Crippen LogP contribution in [0.4, 0.5) is 0 Å². The van der Waals surface area contributed by atoms with Crippen molar-refractivity contribution < 1.29 is 4.79 Å². The van der Waals surface area contributed by atoms with Gasteiger partial charge in [-0.3, -0.25) is 14.5 Å². The summed E-state index contributed by atoms with van der Waals surface area (Å²) in [6, 6.07) is 17.7. The Kier molecular flexibility index (Phi) is 6.18. The molecule has 0 bridgehead atoms. The van der Waals surface area contributed by atoms with E-state index in [9.17, 15) is 4.79 Å². The maximum atomic E-state index is 12.1. The van der Waals surface area contributed by atoms with Gasteiger partial charge >= 0.3 is 0 Å². The van der Waals surface area contributed by atoms with Crippen molar-refractivity contribution in [1.82, 2.24) is 20.1 Å². The van der Waals surface area contributed by atoms with Crippen LogP contribution >= 0.6 is 12.2 Å². The molecule has 2 aromatic carbocycles. The SMILES string of the molecule is Cc1cccc(-c2n[nH]c(=S)n2CCC(=O)NCC#Cc2ccccc2)c1.